The minimum absolute atomic E-state index is 0.0665. The van der Waals surface area contributed by atoms with Crippen LogP contribution in [0.1, 0.15) is 17.5 Å². The van der Waals surface area contributed by atoms with Crippen molar-refractivity contribution in [3.05, 3.63) is 82.6 Å². The number of nitrogens with zero attached hydrogens (tertiary/aromatic N) is 3. The average Bonchev–Trinajstić information content (AvgIpc) is 3.22. The van der Waals surface area contributed by atoms with Gasteiger partial charge < -0.3 is 10.2 Å². The van der Waals surface area contributed by atoms with Gasteiger partial charge in [0.05, 0.1) is 35.2 Å². The lowest BCUT2D eigenvalue weighted by atomic mass is 9.95. The Balaban J connectivity index is 1.51. The summed E-state index contributed by atoms with van der Waals surface area (Å²) < 4.78 is 2.56. The fourth-order valence-corrected chi connectivity index (χ4v) is 5.29. The van der Waals surface area contributed by atoms with Crippen LogP contribution in [0.25, 0.3) is 16.5 Å². The SMILES string of the molecule is N#Cc1ccc(-n2c(Br)cnc2SCC(=O)CC(Cc2ccc(O)cc2)C(=O)O)c2ccccc12. The number of phenolic OH excluding ortho intramolecular Hbond substituents is 1. The smallest absolute Gasteiger partial charge is 0.307 e. The number of carboxylic acid groups (broad SMARTS) is 1. The van der Waals surface area contributed by atoms with Gasteiger partial charge in [-0.3, -0.25) is 14.2 Å². The molecule has 0 spiro atoms. The van der Waals surface area contributed by atoms with E-state index in [1.54, 1.807) is 24.4 Å². The number of aromatic nitrogens is 2. The number of thioether (sulfide) groups is 1. The number of hydrogen-bond acceptors (Lipinski definition) is 6. The van der Waals surface area contributed by atoms with Crippen molar-refractivity contribution in [1.29, 1.82) is 5.26 Å². The Kier molecular flexibility index (Phi) is 7.54. The lowest BCUT2D eigenvalue weighted by Gasteiger charge is -2.14. The van der Waals surface area contributed by atoms with Crippen molar-refractivity contribution in [2.24, 2.45) is 5.92 Å². The molecule has 0 bridgehead atoms. The standard InChI is InChI=1S/C26H20BrN3O4S/c27-24-14-29-26(30(24)23-10-7-17(13-28)21-3-1-2-4-22(21)23)35-15-20(32)12-18(25(33)34)11-16-5-8-19(31)9-6-16/h1-10,14,18,31H,11-12,15H2,(H,33,34). The van der Waals surface area contributed by atoms with Crippen LogP contribution < -0.4 is 0 Å². The molecule has 0 radical (unpaired) electrons. The third-order valence-corrected chi connectivity index (χ3v) is 7.12. The number of halogens is 1. The molecule has 1 aromatic heterocycles. The van der Waals surface area contributed by atoms with Crippen LogP contribution in [0.15, 0.2) is 76.6 Å². The van der Waals surface area contributed by atoms with Gasteiger partial charge in [0.25, 0.3) is 0 Å². The van der Waals surface area contributed by atoms with Gasteiger partial charge >= 0.3 is 5.97 Å². The molecule has 3 aromatic carbocycles. The molecular weight excluding hydrogens is 530 g/mol. The Bertz CT molecular complexity index is 1440. The zero-order chi connectivity index (χ0) is 24.9. The first-order valence-electron chi connectivity index (χ1n) is 10.7. The molecule has 7 nitrogen and oxygen atoms in total. The first-order chi connectivity index (χ1) is 16.9. The number of hydrogen-bond donors (Lipinski definition) is 2. The molecule has 0 saturated carbocycles. The van der Waals surface area contributed by atoms with Crippen molar-refractivity contribution in [2.45, 2.75) is 18.0 Å². The molecule has 176 valence electrons. The number of aromatic hydroxyl groups is 1. The van der Waals surface area contributed by atoms with Gasteiger partial charge in [-0.2, -0.15) is 5.26 Å². The summed E-state index contributed by atoms with van der Waals surface area (Å²) >= 11 is 4.76. The summed E-state index contributed by atoms with van der Waals surface area (Å²) in [5, 5.41) is 30.7. The molecule has 0 saturated heterocycles. The average molecular weight is 550 g/mol. The van der Waals surface area contributed by atoms with E-state index in [1.807, 2.05) is 34.9 Å². The second kappa shape index (κ2) is 10.8. The van der Waals surface area contributed by atoms with Crippen LogP contribution in [0.2, 0.25) is 0 Å². The number of phenols is 1. The Morgan fingerprint density at radius 1 is 1.09 bits per heavy atom. The number of rotatable bonds is 9. The van der Waals surface area contributed by atoms with Crippen LogP contribution in [-0.2, 0) is 16.0 Å². The lowest BCUT2D eigenvalue weighted by molar-refractivity contribution is -0.143. The van der Waals surface area contributed by atoms with E-state index in [0.29, 0.717) is 15.3 Å². The number of aliphatic carboxylic acids is 1. The van der Waals surface area contributed by atoms with Crippen LogP contribution in [0.3, 0.4) is 0 Å². The number of imidazole rings is 1. The zero-order valence-corrected chi connectivity index (χ0v) is 20.8. The van der Waals surface area contributed by atoms with Crippen molar-refractivity contribution >= 4 is 50.2 Å². The van der Waals surface area contributed by atoms with Crippen LogP contribution in [0, 0.1) is 17.2 Å². The fraction of sp³-hybridized carbons (Fsp3) is 0.154. The van der Waals surface area contributed by atoms with Crippen molar-refractivity contribution in [2.75, 3.05) is 5.75 Å². The highest BCUT2D eigenvalue weighted by molar-refractivity contribution is 9.10. The first-order valence-corrected chi connectivity index (χ1v) is 12.5. The molecule has 4 aromatic rings. The maximum absolute atomic E-state index is 12.7. The Morgan fingerprint density at radius 2 is 1.80 bits per heavy atom. The minimum atomic E-state index is -1.04. The van der Waals surface area contributed by atoms with Crippen LogP contribution in [0.4, 0.5) is 0 Å². The number of fused-ring (bicyclic) bond motifs is 1. The largest absolute Gasteiger partial charge is 0.508 e. The minimum Gasteiger partial charge on any atom is -0.508 e. The summed E-state index contributed by atoms with van der Waals surface area (Å²) in [5.74, 6) is -1.93. The van der Waals surface area contributed by atoms with Crippen molar-refractivity contribution in [1.82, 2.24) is 9.55 Å². The van der Waals surface area contributed by atoms with Crippen LogP contribution >= 0.6 is 27.7 Å². The molecule has 0 fully saturated rings. The molecule has 0 aliphatic heterocycles. The number of carbonyl (C=O) groups excluding carboxylic acids is 1. The van der Waals surface area contributed by atoms with E-state index in [-0.39, 0.29) is 30.1 Å². The van der Waals surface area contributed by atoms with Crippen molar-refractivity contribution in [3.63, 3.8) is 0 Å². The summed E-state index contributed by atoms with van der Waals surface area (Å²) in [6.07, 6.45) is 1.74. The lowest BCUT2D eigenvalue weighted by Crippen LogP contribution is -2.21. The van der Waals surface area contributed by atoms with E-state index in [9.17, 15) is 25.1 Å². The molecule has 9 heteroatoms. The molecule has 0 amide bonds. The molecular formula is C26H20BrN3O4S. The van der Waals surface area contributed by atoms with Crippen LogP contribution in [-0.4, -0.2) is 37.3 Å². The second-order valence-electron chi connectivity index (χ2n) is 7.93. The van der Waals surface area contributed by atoms with E-state index >= 15 is 0 Å². The van der Waals surface area contributed by atoms with E-state index in [4.69, 9.17) is 0 Å². The Morgan fingerprint density at radius 3 is 2.49 bits per heavy atom. The molecule has 0 aliphatic rings. The molecule has 2 N–H and O–H groups in total. The Labute approximate surface area is 214 Å². The van der Waals surface area contributed by atoms with Crippen molar-refractivity contribution in [3.8, 4) is 17.5 Å². The van der Waals surface area contributed by atoms with Gasteiger partial charge in [0.2, 0.25) is 0 Å². The normalized spacial score (nSPS) is 11.8. The molecule has 35 heavy (non-hydrogen) atoms. The number of benzene rings is 3. The molecule has 4 rings (SSSR count). The van der Waals surface area contributed by atoms with Gasteiger partial charge in [-0.25, -0.2) is 4.98 Å². The van der Waals surface area contributed by atoms with Gasteiger partial charge in [-0.05, 0) is 52.2 Å². The number of carbonyl (C=O) groups is 2. The number of ketones is 1. The van der Waals surface area contributed by atoms with E-state index in [0.717, 1.165) is 22.0 Å². The molecule has 1 atom stereocenters. The maximum atomic E-state index is 12.7. The summed E-state index contributed by atoms with van der Waals surface area (Å²) in [6, 6.07) is 19.7. The quantitative estimate of drug-likeness (QED) is 0.270. The van der Waals surface area contributed by atoms with Gasteiger partial charge in [0.1, 0.15) is 16.1 Å². The summed E-state index contributed by atoms with van der Waals surface area (Å²) in [6.45, 7) is 0. The highest BCUT2D eigenvalue weighted by atomic mass is 79.9. The summed E-state index contributed by atoms with van der Waals surface area (Å²) in [4.78, 5) is 28.9. The zero-order valence-electron chi connectivity index (χ0n) is 18.4. The second-order valence-corrected chi connectivity index (χ2v) is 9.68. The Hall–Kier alpha value is -3.61. The fourth-order valence-electron chi connectivity index (χ4n) is 3.85. The number of Topliss-reactive ketones (excluding diaryl/α,β-unsaturated/α-hetero) is 1. The molecule has 1 unspecified atom stereocenters. The monoisotopic (exact) mass is 549 g/mol. The third-order valence-electron chi connectivity index (χ3n) is 5.55. The van der Waals surface area contributed by atoms with E-state index in [1.165, 1.54) is 23.9 Å². The topological polar surface area (TPSA) is 116 Å². The van der Waals surface area contributed by atoms with Gasteiger partial charge in [0.15, 0.2) is 5.16 Å². The predicted molar refractivity (Wildman–Crippen MR) is 137 cm³/mol. The summed E-state index contributed by atoms with van der Waals surface area (Å²) in [5.41, 5.74) is 2.12. The van der Waals surface area contributed by atoms with Gasteiger partial charge in [0, 0.05) is 17.2 Å². The van der Waals surface area contributed by atoms with E-state index < -0.39 is 11.9 Å². The van der Waals surface area contributed by atoms with Gasteiger partial charge in [-0.15, -0.1) is 0 Å². The number of nitriles is 1. The highest BCUT2D eigenvalue weighted by Gasteiger charge is 2.23. The van der Waals surface area contributed by atoms with Gasteiger partial charge in [-0.1, -0.05) is 48.2 Å². The van der Waals surface area contributed by atoms with Crippen molar-refractivity contribution < 1.29 is 19.8 Å². The predicted octanol–water partition coefficient (Wildman–Crippen LogP) is 5.36. The summed E-state index contributed by atoms with van der Waals surface area (Å²) in [7, 11) is 0. The number of carboxylic acids is 1. The molecule has 1 heterocycles. The highest BCUT2D eigenvalue weighted by Crippen LogP contribution is 2.32. The maximum Gasteiger partial charge on any atom is 0.307 e. The third kappa shape index (κ3) is 5.56. The molecule has 0 aliphatic carbocycles. The van der Waals surface area contributed by atoms with Crippen LogP contribution in [0.5, 0.6) is 5.75 Å². The van der Waals surface area contributed by atoms with E-state index in [2.05, 4.69) is 27.0 Å². The first kappa shape index (κ1) is 24.5.